The van der Waals surface area contributed by atoms with Gasteiger partial charge in [-0.1, -0.05) is 0 Å². The maximum Gasteiger partial charge on any atom is 0.239 e. The Hall–Kier alpha value is -3.29. The summed E-state index contributed by atoms with van der Waals surface area (Å²) in [5.41, 5.74) is 7.45. The lowest BCUT2D eigenvalue weighted by Crippen LogP contribution is -2.32. The van der Waals surface area contributed by atoms with E-state index in [4.69, 9.17) is 20.2 Å². The van der Waals surface area contributed by atoms with Gasteiger partial charge in [-0.3, -0.25) is 4.79 Å². The summed E-state index contributed by atoms with van der Waals surface area (Å²) in [5.74, 6) is 3.70. The molecule has 1 saturated heterocycles. The maximum absolute atomic E-state index is 11.4. The molecule has 29 heavy (non-hydrogen) atoms. The fraction of sp³-hybridized carbons (Fsp3) is 0.400. The van der Waals surface area contributed by atoms with Gasteiger partial charge in [0.25, 0.3) is 0 Å². The molecule has 0 radical (unpaired) electrons. The lowest BCUT2D eigenvalue weighted by Gasteiger charge is -2.15. The highest BCUT2D eigenvalue weighted by Gasteiger charge is 2.31. The Bertz CT molecular complexity index is 995. The molecule has 2 aliphatic rings. The first-order valence-electron chi connectivity index (χ1n) is 9.44. The summed E-state index contributed by atoms with van der Waals surface area (Å²) < 4.78 is 13.3. The average molecular weight is 397 g/mol. The quantitative estimate of drug-likeness (QED) is 0.729. The summed E-state index contributed by atoms with van der Waals surface area (Å²) in [7, 11) is 1.64. The second-order valence-corrected chi connectivity index (χ2v) is 7.17. The number of nitrogens with two attached hydrogens (primary N) is 1. The predicted molar refractivity (Wildman–Crippen MR) is 107 cm³/mol. The van der Waals surface area contributed by atoms with Crippen molar-refractivity contribution in [2.24, 2.45) is 5.73 Å². The molecule has 4 rings (SSSR count). The number of amides is 1. The number of hydrogen-bond donors (Lipinski definition) is 2. The van der Waals surface area contributed by atoms with Gasteiger partial charge in [0.05, 0.1) is 24.8 Å². The first-order chi connectivity index (χ1) is 14.0. The summed E-state index contributed by atoms with van der Waals surface area (Å²) >= 11 is 0. The molecule has 1 amide bonds. The molecule has 9 heteroatoms. The number of anilines is 2. The number of nitrogens with zero attached hydrogens (tertiary/aromatic N) is 3. The first-order valence-corrected chi connectivity index (χ1v) is 9.44. The first kappa shape index (κ1) is 19.0. The number of carbonyl (C=O) groups is 1. The summed E-state index contributed by atoms with van der Waals surface area (Å²) in [4.78, 5) is 29.3. The smallest absolute Gasteiger partial charge is 0.239 e. The van der Waals surface area contributed by atoms with Gasteiger partial charge >= 0.3 is 0 Å². The molecule has 152 valence electrons. The number of benzene rings is 1. The van der Waals surface area contributed by atoms with E-state index >= 15 is 0 Å². The van der Waals surface area contributed by atoms with Crippen molar-refractivity contribution in [1.29, 1.82) is 0 Å². The Morgan fingerprint density at radius 3 is 3.03 bits per heavy atom. The molecule has 1 aromatic heterocycles. The van der Waals surface area contributed by atoms with Gasteiger partial charge in [-0.05, 0) is 19.1 Å². The van der Waals surface area contributed by atoms with Gasteiger partial charge in [0.2, 0.25) is 5.91 Å². The third-order valence-electron chi connectivity index (χ3n) is 5.25. The molecule has 3 N–H and O–H groups in total. The van der Waals surface area contributed by atoms with Gasteiger partial charge < -0.3 is 30.0 Å². The van der Waals surface area contributed by atoms with E-state index in [0.29, 0.717) is 43.4 Å². The van der Waals surface area contributed by atoms with Gasteiger partial charge in [0.15, 0.2) is 5.82 Å². The van der Waals surface area contributed by atoms with Crippen molar-refractivity contribution < 1.29 is 19.1 Å². The molecule has 0 bridgehead atoms. The third kappa shape index (κ3) is 3.57. The van der Waals surface area contributed by atoms with Crippen LogP contribution in [0.2, 0.25) is 0 Å². The molecular formula is C20H23N5O4. The fourth-order valence-electron chi connectivity index (χ4n) is 3.60. The Labute approximate surface area is 168 Å². The van der Waals surface area contributed by atoms with Crippen LogP contribution in [-0.2, 0) is 20.9 Å². The number of methoxy groups -OCH3 is 1. The summed E-state index contributed by atoms with van der Waals surface area (Å²) in [6, 6.07) is 5.10. The Morgan fingerprint density at radius 2 is 2.31 bits per heavy atom. The van der Waals surface area contributed by atoms with Crippen molar-refractivity contribution in [3.63, 3.8) is 0 Å². The van der Waals surface area contributed by atoms with Gasteiger partial charge in [-0.25, -0.2) is 9.78 Å². The lowest BCUT2D eigenvalue weighted by molar-refractivity contribution is -0.118. The number of primary amides is 1. The number of fused-ring (bicyclic) bond motifs is 3. The zero-order valence-corrected chi connectivity index (χ0v) is 16.3. The molecule has 0 aliphatic carbocycles. The second-order valence-electron chi connectivity index (χ2n) is 7.17. The minimum absolute atomic E-state index is 0.0514. The highest BCUT2D eigenvalue weighted by molar-refractivity contribution is 5.83. The number of rotatable bonds is 5. The molecule has 1 fully saturated rings. The van der Waals surface area contributed by atoms with Gasteiger partial charge in [-0.2, -0.15) is 0 Å². The summed E-state index contributed by atoms with van der Waals surface area (Å²) in [6.45, 7) is 3.37. The Morgan fingerprint density at radius 1 is 1.48 bits per heavy atom. The number of carbonyl (C=O) groups excluding carboxylic acids is 2. The molecule has 2 atom stereocenters. The van der Waals surface area contributed by atoms with E-state index in [1.807, 2.05) is 39.8 Å². The van der Waals surface area contributed by atoms with Gasteiger partial charge in [0.1, 0.15) is 35.9 Å². The monoisotopic (exact) mass is 397 g/mol. The molecular weight excluding hydrogens is 374 g/mol. The number of hydrogen-bond acceptors (Lipinski definition) is 7. The molecule has 0 spiro atoms. The standard InChI is InChI=1S/C20H23N5O4/c1-12(19(21)27)22-13-3-4-16-17(7-13)29-6-5-24-10-18(23-20(16)24)25-9-15(28-2)8-14(25)11-26/h3-4,7,10,12,15,22H,5-6,8-9H2,1-2H3,(H2,21,27)/t12-,15+/m0/s1. The van der Waals surface area contributed by atoms with E-state index in [0.717, 1.165) is 17.1 Å². The molecule has 1 aromatic carbocycles. The molecule has 2 aromatic rings. The summed E-state index contributed by atoms with van der Waals surface area (Å²) in [6.07, 6.45) is 2.39. The van der Waals surface area contributed by atoms with E-state index in [1.165, 1.54) is 0 Å². The SMILES string of the molecule is CO[C@@H]1CC(=C=O)N(c2cn3c(n2)-c2ccc(N[C@@H](C)C(N)=O)cc2OCC3)C1. The largest absolute Gasteiger partial charge is 0.491 e. The van der Waals surface area contributed by atoms with Crippen LogP contribution >= 0.6 is 0 Å². The minimum atomic E-state index is -0.495. The molecule has 0 unspecified atom stereocenters. The fourth-order valence-corrected chi connectivity index (χ4v) is 3.60. The number of nitrogens with one attached hydrogen (secondary N) is 1. The van der Waals surface area contributed by atoms with E-state index in [1.54, 1.807) is 14.0 Å². The molecule has 0 saturated carbocycles. The minimum Gasteiger partial charge on any atom is -0.491 e. The van der Waals surface area contributed by atoms with E-state index < -0.39 is 11.9 Å². The van der Waals surface area contributed by atoms with Crippen LogP contribution in [0.5, 0.6) is 5.75 Å². The maximum atomic E-state index is 11.4. The van der Waals surface area contributed by atoms with Crippen molar-refractivity contribution in [2.75, 3.05) is 30.5 Å². The van der Waals surface area contributed by atoms with E-state index in [2.05, 4.69) is 5.32 Å². The van der Waals surface area contributed by atoms with Crippen LogP contribution in [0.3, 0.4) is 0 Å². The third-order valence-corrected chi connectivity index (χ3v) is 5.25. The van der Waals surface area contributed by atoms with Crippen LogP contribution in [0.15, 0.2) is 30.1 Å². The van der Waals surface area contributed by atoms with Crippen LogP contribution in [0, 0.1) is 0 Å². The molecule has 9 nitrogen and oxygen atoms in total. The van der Waals surface area contributed by atoms with Crippen LogP contribution in [0.4, 0.5) is 11.5 Å². The van der Waals surface area contributed by atoms with Gasteiger partial charge in [-0.15, -0.1) is 0 Å². The zero-order valence-electron chi connectivity index (χ0n) is 16.3. The van der Waals surface area contributed by atoms with Crippen LogP contribution in [0.25, 0.3) is 11.4 Å². The van der Waals surface area contributed by atoms with Crippen molar-refractivity contribution in [1.82, 2.24) is 9.55 Å². The number of ether oxygens (including phenoxy) is 2. The number of aromatic nitrogens is 2. The van der Waals surface area contributed by atoms with Crippen LogP contribution < -0.4 is 20.7 Å². The van der Waals surface area contributed by atoms with Crippen molar-refractivity contribution >= 4 is 23.4 Å². The Balaban J connectivity index is 1.67. The van der Waals surface area contributed by atoms with Crippen LogP contribution in [0.1, 0.15) is 13.3 Å². The van der Waals surface area contributed by atoms with Crippen molar-refractivity contribution in [2.45, 2.75) is 32.0 Å². The normalized spacial score (nSPS) is 18.9. The average Bonchev–Trinajstić information content (AvgIpc) is 3.28. The Kier molecular flexibility index (Phi) is 5.00. The summed E-state index contributed by atoms with van der Waals surface area (Å²) in [5, 5.41) is 3.06. The van der Waals surface area contributed by atoms with E-state index in [9.17, 15) is 9.59 Å². The molecule has 3 heterocycles. The van der Waals surface area contributed by atoms with E-state index in [-0.39, 0.29) is 6.10 Å². The number of imidazole rings is 1. The topological polar surface area (TPSA) is 112 Å². The highest BCUT2D eigenvalue weighted by Crippen LogP contribution is 2.37. The second kappa shape index (κ2) is 7.62. The zero-order chi connectivity index (χ0) is 20.5. The van der Waals surface area contributed by atoms with Crippen molar-refractivity contribution in [3.8, 4) is 17.1 Å². The van der Waals surface area contributed by atoms with Crippen LogP contribution in [-0.4, -0.2) is 53.8 Å². The lowest BCUT2D eigenvalue weighted by atomic mass is 10.1. The molecule has 2 aliphatic heterocycles. The highest BCUT2D eigenvalue weighted by atomic mass is 16.5. The van der Waals surface area contributed by atoms with Crippen molar-refractivity contribution in [3.05, 3.63) is 30.1 Å². The van der Waals surface area contributed by atoms with Gasteiger partial charge in [0, 0.05) is 31.5 Å². The predicted octanol–water partition coefficient (Wildman–Crippen LogP) is 1.17.